The van der Waals surface area contributed by atoms with E-state index in [0.29, 0.717) is 13.1 Å². The average molecular weight is 198 g/mol. The minimum absolute atomic E-state index is 0.495. The molecule has 0 aromatic carbocycles. The van der Waals surface area contributed by atoms with Gasteiger partial charge in [-0.2, -0.15) is 0 Å². The van der Waals surface area contributed by atoms with E-state index in [1.165, 1.54) is 12.8 Å². The van der Waals surface area contributed by atoms with Gasteiger partial charge in [-0.15, -0.1) is 0 Å². The zero-order chi connectivity index (χ0) is 10.2. The molecule has 0 aliphatic carbocycles. The second-order valence-electron chi connectivity index (χ2n) is 3.63. The summed E-state index contributed by atoms with van der Waals surface area (Å²) in [5.74, 6) is -0.990. The Morgan fingerprint density at radius 2 is 1.00 bits per heavy atom. The summed E-state index contributed by atoms with van der Waals surface area (Å²) in [6.45, 7) is 1.23. The number of nitrogens with one attached hydrogen (secondary N) is 2. The SMILES string of the molecule is O=C1NCCCCCCCCNC1=O. The first-order chi connectivity index (χ1) is 6.80. The fraction of sp³-hybridized carbons (Fsp3) is 0.800. The molecule has 14 heavy (non-hydrogen) atoms. The number of hydrogen-bond donors (Lipinski definition) is 2. The number of carbonyl (C=O) groups excluding carboxylic acids is 2. The second kappa shape index (κ2) is 6.40. The van der Waals surface area contributed by atoms with Crippen LogP contribution in [0.2, 0.25) is 0 Å². The third-order valence-electron chi connectivity index (χ3n) is 2.38. The Bertz CT molecular complexity index is 182. The molecule has 0 radical (unpaired) electrons. The van der Waals surface area contributed by atoms with Crippen molar-refractivity contribution in [2.24, 2.45) is 0 Å². The van der Waals surface area contributed by atoms with Gasteiger partial charge in [0.05, 0.1) is 0 Å². The Balaban J connectivity index is 2.31. The second-order valence-corrected chi connectivity index (χ2v) is 3.63. The highest BCUT2D eigenvalue weighted by Gasteiger charge is 2.11. The summed E-state index contributed by atoms with van der Waals surface area (Å²) in [5.41, 5.74) is 0. The normalized spacial score (nSPS) is 21.4. The zero-order valence-corrected chi connectivity index (χ0v) is 8.47. The number of amides is 2. The molecule has 1 aliphatic heterocycles. The highest BCUT2D eigenvalue weighted by molar-refractivity contribution is 6.35. The molecule has 0 aromatic rings. The predicted octanol–water partition coefficient (Wildman–Crippen LogP) is 0.573. The van der Waals surface area contributed by atoms with E-state index in [9.17, 15) is 9.59 Å². The molecule has 1 rings (SSSR count). The van der Waals surface area contributed by atoms with Crippen LogP contribution in [0.5, 0.6) is 0 Å². The molecule has 1 fully saturated rings. The minimum Gasteiger partial charge on any atom is -0.348 e. The highest BCUT2D eigenvalue weighted by Crippen LogP contribution is 2.04. The van der Waals surface area contributed by atoms with E-state index in [-0.39, 0.29) is 0 Å². The molecule has 80 valence electrons. The Labute approximate surface area is 84.4 Å². The van der Waals surface area contributed by atoms with E-state index < -0.39 is 11.8 Å². The lowest BCUT2D eigenvalue weighted by atomic mass is 10.1. The van der Waals surface area contributed by atoms with Crippen LogP contribution in [-0.2, 0) is 9.59 Å². The van der Waals surface area contributed by atoms with Crippen molar-refractivity contribution in [2.75, 3.05) is 13.1 Å². The lowest BCUT2D eigenvalue weighted by Gasteiger charge is -2.08. The van der Waals surface area contributed by atoms with Crippen molar-refractivity contribution in [3.63, 3.8) is 0 Å². The third kappa shape index (κ3) is 4.25. The molecule has 1 saturated heterocycles. The van der Waals surface area contributed by atoms with Gasteiger partial charge < -0.3 is 10.6 Å². The molecule has 2 amide bonds. The van der Waals surface area contributed by atoms with Crippen LogP contribution in [0, 0.1) is 0 Å². The number of rotatable bonds is 0. The summed E-state index contributed by atoms with van der Waals surface area (Å²) < 4.78 is 0. The van der Waals surface area contributed by atoms with Crippen LogP contribution in [0.4, 0.5) is 0 Å². The van der Waals surface area contributed by atoms with Crippen molar-refractivity contribution < 1.29 is 9.59 Å². The van der Waals surface area contributed by atoms with E-state index in [4.69, 9.17) is 0 Å². The standard InChI is InChI=1S/C10H18N2O2/c13-9-10(14)12-8-6-4-2-1-3-5-7-11-9/h1-8H2,(H,11,13)(H,12,14). The molecule has 0 atom stereocenters. The number of hydrogen-bond acceptors (Lipinski definition) is 2. The smallest absolute Gasteiger partial charge is 0.309 e. The summed E-state index contributed by atoms with van der Waals surface area (Å²) in [7, 11) is 0. The van der Waals surface area contributed by atoms with Crippen molar-refractivity contribution in [1.82, 2.24) is 10.6 Å². The Morgan fingerprint density at radius 1 is 0.643 bits per heavy atom. The van der Waals surface area contributed by atoms with Gasteiger partial charge in [0.2, 0.25) is 0 Å². The fourth-order valence-electron chi connectivity index (χ4n) is 1.52. The van der Waals surface area contributed by atoms with Gasteiger partial charge in [0.15, 0.2) is 0 Å². The molecule has 1 heterocycles. The highest BCUT2D eigenvalue weighted by atomic mass is 16.2. The third-order valence-corrected chi connectivity index (χ3v) is 2.38. The van der Waals surface area contributed by atoms with Gasteiger partial charge in [0, 0.05) is 13.1 Å². The van der Waals surface area contributed by atoms with Crippen LogP contribution in [0.15, 0.2) is 0 Å². The molecule has 0 bridgehead atoms. The van der Waals surface area contributed by atoms with Crippen molar-refractivity contribution in [3.8, 4) is 0 Å². The molecule has 2 N–H and O–H groups in total. The van der Waals surface area contributed by atoms with E-state index in [0.717, 1.165) is 25.7 Å². The lowest BCUT2D eigenvalue weighted by Crippen LogP contribution is -2.40. The quantitative estimate of drug-likeness (QED) is 0.559. The van der Waals surface area contributed by atoms with E-state index >= 15 is 0 Å². The van der Waals surface area contributed by atoms with Gasteiger partial charge in [-0.1, -0.05) is 25.7 Å². The van der Waals surface area contributed by atoms with Crippen molar-refractivity contribution in [2.45, 2.75) is 38.5 Å². The first kappa shape index (κ1) is 11.0. The summed E-state index contributed by atoms with van der Waals surface area (Å²) in [6, 6.07) is 0. The van der Waals surface area contributed by atoms with Crippen LogP contribution >= 0.6 is 0 Å². The van der Waals surface area contributed by atoms with Crippen LogP contribution in [0.3, 0.4) is 0 Å². The molecule has 4 heteroatoms. The zero-order valence-electron chi connectivity index (χ0n) is 8.47. The molecule has 0 spiro atoms. The minimum atomic E-state index is -0.495. The van der Waals surface area contributed by atoms with E-state index in [2.05, 4.69) is 10.6 Å². The van der Waals surface area contributed by atoms with E-state index in [1.807, 2.05) is 0 Å². The Hall–Kier alpha value is -1.06. The summed E-state index contributed by atoms with van der Waals surface area (Å²) in [4.78, 5) is 22.2. The maximum absolute atomic E-state index is 11.1. The van der Waals surface area contributed by atoms with Crippen molar-refractivity contribution in [1.29, 1.82) is 0 Å². The maximum atomic E-state index is 11.1. The van der Waals surface area contributed by atoms with Gasteiger partial charge in [0.1, 0.15) is 0 Å². The monoisotopic (exact) mass is 198 g/mol. The molecule has 0 unspecified atom stereocenters. The largest absolute Gasteiger partial charge is 0.348 e. The van der Waals surface area contributed by atoms with Crippen molar-refractivity contribution >= 4 is 11.8 Å². The van der Waals surface area contributed by atoms with Gasteiger partial charge in [-0.05, 0) is 12.8 Å². The van der Waals surface area contributed by atoms with Crippen LogP contribution in [0.1, 0.15) is 38.5 Å². The van der Waals surface area contributed by atoms with Crippen LogP contribution in [0.25, 0.3) is 0 Å². The Kier molecular flexibility index (Phi) is 5.04. The Morgan fingerprint density at radius 3 is 1.43 bits per heavy atom. The fourth-order valence-corrected chi connectivity index (χ4v) is 1.52. The molecular formula is C10H18N2O2. The molecule has 0 aromatic heterocycles. The lowest BCUT2D eigenvalue weighted by molar-refractivity contribution is -0.139. The van der Waals surface area contributed by atoms with Gasteiger partial charge in [0.25, 0.3) is 0 Å². The van der Waals surface area contributed by atoms with Gasteiger partial charge in [-0.3, -0.25) is 9.59 Å². The molecule has 1 aliphatic rings. The van der Waals surface area contributed by atoms with Crippen LogP contribution < -0.4 is 10.6 Å². The number of carbonyl (C=O) groups is 2. The molecular weight excluding hydrogens is 180 g/mol. The first-order valence-electron chi connectivity index (χ1n) is 5.37. The van der Waals surface area contributed by atoms with Crippen LogP contribution in [-0.4, -0.2) is 24.9 Å². The van der Waals surface area contributed by atoms with Gasteiger partial charge >= 0.3 is 11.8 Å². The van der Waals surface area contributed by atoms with Gasteiger partial charge in [-0.25, -0.2) is 0 Å². The molecule has 4 nitrogen and oxygen atoms in total. The van der Waals surface area contributed by atoms with E-state index in [1.54, 1.807) is 0 Å². The first-order valence-corrected chi connectivity index (χ1v) is 5.37. The average Bonchev–Trinajstić information content (AvgIpc) is 2.18. The van der Waals surface area contributed by atoms with Crippen molar-refractivity contribution in [3.05, 3.63) is 0 Å². The summed E-state index contributed by atoms with van der Waals surface area (Å²) in [5, 5.41) is 5.20. The topological polar surface area (TPSA) is 58.2 Å². The predicted molar refractivity (Wildman–Crippen MR) is 53.7 cm³/mol. The summed E-state index contributed by atoms with van der Waals surface area (Å²) in [6.07, 6.45) is 6.68. The maximum Gasteiger partial charge on any atom is 0.309 e. The molecule has 0 saturated carbocycles. The summed E-state index contributed by atoms with van der Waals surface area (Å²) >= 11 is 0.